The Hall–Kier alpha value is -2.95. The molecule has 0 saturated carbocycles. The monoisotopic (exact) mass is 323 g/mol. The van der Waals surface area contributed by atoms with Crippen molar-refractivity contribution >= 4 is 11.6 Å². The maximum Gasteiger partial charge on any atom is 0.262 e. The maximum atomic E-state index is 14.1. The van der Waals surface area contributed by atoms with Gasteiger partial charge >= 0.3 is 0 Å². The van der Waals surface area contributed by atoms with Gasteiger partial charge < -0.3 is 5.32 Å². The molecule has 1 amide bonds. The summed E-state index contributed by atoms with van der Waals surface area (Å²) in [4.78, 5) is 12.5. The van der Waals surface area contributed by atoms with Crippen LogP contribution in [0.3, 0.4) is 0 Å². The van der Waals surface area contributed by atoms with Gasteiger partial charge in [-0.25, -0.2) is 4.68 Å². The molecule has 0 spiro atoms. The van der Waals surface area contributed by atoms with E-state index in [1.165, 1.54) is 7.05 Å². The summed E-state index contributed by atoms with van der Waals surface area (Å²) in [6.07, 6.45) is 0. The molecule has 122 valence electrons. The zero-order valence-corrected chi connectivity index (χ0v) is 13.8. The molecule has 2 aromatic carbocycles. The third-order valence-electron chi connectivity index (χ3n) is 3.99. The van der Waals surface area contributed by atoms with Gasteiger partial charge in [-0.3, -0.25) is 4.79 Å². The molecule has 1 aromatic heterocycles. The Bertz CT molecular complexity index is 915. The summed E-state index contributed by atoms with van der Waals surface area (Å²) in [5.41, 5.74) is 3.99. The fourth-order valence-electron chi connectivity index (χ4n) is 2.77. The molecule has 0 saturated heterocycles. The molecule has 5 heteroatoms. The lowest BCUT2D eigenvalue weighted by atomic mass is 9.99. The molecule has 0 atom stereocenters. The molecule has 0 bridgehead atoms. The lowest BCUT2D eigenvalue weighted by Crippen LogP contribution is -2.15. The molecule has 0 unspecified atom stereocenters. The fourth-order valence-corrected chi connectivity index (χ4v) is 2.77. The first-order chi connectivity index (χ1) is 11.5. The van der Waals surface area contributed by atoms with Crippen LogP contribution in [0.1, 0.15) is 21.6 Å². The van der Waals surface area contributed by atoms with Crippen molar-refractivity contribution < 1.29 is 9.18 Å². The van der Waals surface area contributed by atoms with Crippen molar-refractivity contribution in [1.29, 1.82) is 0 Å². The fraction of sp³-hybridized carbons (Fsp3) is 0.158. The lowest BCUT2D eigenvalue weighted by Gasteiger charge is -2.13. The number of hydrogen-bond donors (Lipinski definition) is 1. The van der Waals surface area contributed by atoms with Gasteiger partial charge in [0, 0.05) is 18.3 Å². The number of carbonyl (C=O) groups excluding carboxylic acids is 1. The van der Waals surface area contributed by atoms with Crippen LogP contribution < -0.4 is 5.32 Å². The molecular formula is C19H18FN3O. The van der Waals surface area contributed by atoms with Crippen molar-refractivity contribution in [2.45, 2.75) is 13.8 Å². The van der Waals surface area contributed by atoms with Crippen LogP contribution in [0.25, 0.3) is 11.1 Å². The van der Waals surface area contributed by atoms with Crippen molar-refractivity contribution in [3.63, 3.8) is 0 Å². The van der Waals surface area contributed by atoms with E-state index in [1.54, 1.807) is 6.92 Å². The summed E-state index contributed by atoms with van der Waals surface area (Å²) >= 11 is 0. The predicted octanol–water partition coefficient (Wildman–Crippen LogP) is 4.10. The number of halogens is 1. The molecule has 0 fully saturated rings. The molecule has 0 aliphatic rings. The number of nitrogens with zero attached hydrogens (tertiary/aromatic N) is 2. The second-order valence-corrected chi connectivity index (χ2v) is 5.69. The third-order valence-corrected chi connectivity index (χ3v) is 3.99. The molecule has 1 heterocycles. The number of amides is 1. The second kappa shape index (κ2) is 6.28. The third kappa shape index (κ3) is 2.80. The average molecular weight is 323 g/mol. The Labute approximate surface area is 139 Å². The van der Waals surface area contributed by atoms with E-state index in [0.29, 0.717) is 11.4 Å². The van der Waals surface area contributed by atoms with Gasteiger partial charge in [-0.15, -0.1) is 0 Å². The zero-order chi connectivity index (χ0) is 17.3. The van der Waals surface area contributed by atoms with Gasteiger partial charge in [0.1, 0.15) is 5.56 Å². The average Bonchev–Trinajstić information content (AvgIpc) is 2.81. The smallest absolute Gasteiger partial charge is 0.262 e. The predicted molar refractivity (Wildman–Crippen MR) is 92.5 cm³/mol. The van der Waals surface area contributed by atoms with E-state index in [9.17, 15) is 9.18 Å². The molecule has 4 nitrogen and oxygen atoms in total. The first kappa shape index (κ1) is 15.9. The van der Waals surface area contributed by atoms with Crippen LogP contribution in [0, 0.1) is 19.8 Å². The van der Waals surface area contributed by atoms with Crippen molar-refractivity contribution in [3.05, 3.63) is 71.3 Å². The summed E-state index contributed by atoms with van der Waals surface area (Å²) in [6, 6.07) is 15.4. The van der Waals surface area contributed by atoms with Gasteiger partial charge in [0.25, 0.3) is 5.91 Å². The first-order valence-electron chi connectivity index (χ1n) is 7.64. The van der Waals surface area contributed by atoms with Crippen molar-refractivity contribution in [1.82, 2.24) is 9.78 Å². The molecule has 0 aliphatic carbocycles. The van der Waals surface area contributed by atoms with Gasteiger partial charge in [-0.05, 0) is 31.0 Å². The highest BCUT2D eigenvalue weighted by molar-refractivity contribution is 6.07. The van der Waals surface area contributed by atoms with E-state index in [-0.39, 0.29) is 5.56 Å². The van der Waals surface area contributed by atoms with Crippen LogP contribution in [0.5, 0.6) is 0 Å². The van der Waals surface area contributed by atoms with Gasteiger partial charge in [0.2, 0.25) is 5.95 Å². The highest BCUT2D eigenvalue weighted by atomic mass is 19.1. The van der Waals surface area contributed by atoms with Crippen molar-refractivity contribution in [2.75, 3.05) is 5.32 Å². The quantitative estimate of drug-likeness (QED) is 0.789. The number of aryl methyl sites for hydroxylation is 3. The second-order valence-electron chi connectivity index (χ2n) is 5.69. The minimum absolute atomic E-state index is 0.0305. The molecular weight excluding hydrogens is 305 g/mol. The van der Waals surface area contributed by atoms with Gasteiger partial charge in [-0.2, -0.15) is 9.49 Å². The largest absolute Gasteiger partial charge is 0.321 e. The van der Waals surface area contributed by atoms with Gasteiger partial charge in [-0.1, -0.05) is 42.5 Å². The SMILES string of the molecule is Cc1ccccc1-c1ccccc1NC(=O)c1c(C)nn(C)c1F. The zero-order valence-electron chi connectivity index (χ0n) is 13.8. The van der Waals surface area contributed by atoms with E-state index >= 15 is 0 Å². The van der Waals surface area contributed by atoms with Crippen LogP contribution in [-0.4, -0.2) is 15.7 Å². The van der Waals surface area contributed by atoms with E-state index in [2.05, 4.69) is 10.4 Å². The van der Waals surface area contributed by atoms with Crippen molar-refractivity contribution in [2.24, 2.45) is 7.05 Å². The first-order valence-corrected chi connectivity index (χ1v) is 7.64. The molecule has 24 heavy (non-hydrogen) atoms. The lowest BCUT2D eigenvalue weighted by molar-refractivity contribution is 0.102. The molecule has 1 N–H and O–H groups in total. The molecule has 0 radical (unpaired) electrons. The van der Waals surface area contributed by atoms with Crippen LogP contribution in [-0.2, 0) is 7.05 Å². The van der Waals surface area contributed by atoms with Gasteiger partial charge in [0.15, 0.2) is 0 Å². The number of carbonyl (C=O) groups is 1. The van der Waals surface area contributed by atoms with Crippen LogP contribution >= 0.6 is 0 Å². The Morgan fingerprint density at radius 1 is 1.04 bits per heavy atom. The summed E-state index contributed by atoms with van der Waals surface area (Å²) in [5, 5.41) is 6.76. The summed E-state index contributed by atoms with van der Waals surface area (Å²) in [6.45, 7) is 3.63. The Morgan fingerprint density at radius 3 is 2.29 bits per heavy atom. The number of para-hydroxylation sites is 1. The maximum absolute atomic E-state index is 14.1. The standard InChI is InChI=1S/C19H18FN3O/c1-12-8-4-5-9-14(12)15-10-6-7-11-16(15)21-19(24)17-13(2)22-23(3)18(17)20/h4-11H,1-3H3,(H,21,24). The van der Waals surface area contributed by atoms with Crippen LogP contribution in [0.15, 0.2) is 48.5 Å². The minimum Gasteiger partial charge on any atom is -0.321 e. The van der Waals surface area contributed by atoms with E-state index in [4.69, 9.17) is 0 Å². The highest BCUT2D eigenvalue weighted by Crippen LogP contribution is 2.30. The Morgan fingerprint density at radius 2 is 1.67 bits per heavy atom. The number of anilines is 1. The topological polar surface area (TPSA) is 46.9 Å². The number of benzene rings is 2. The Balaban J connectivity index is 2.00. The van der Waals surface area contributed by atoms with E-state index in [1.807, 2.05) is 55.5 Å². The number of aromatic nitrogens is 2. The van der Waals surface area contributed by atoms with Gasteiger partial charge in [0.05, 0.1) is 5.69 Å². The van der Waals surface area contributed by atoms with Crippen LogP contribution in [0.4, 0.5) is 10.1 Å². The summed E-state index contributed by atoms with van der Waals surface area (Å²) < 4.78 is 15.2. The Kier molecular flexibility index (Phi) is 4.16. The van der Waals surface area contributed by atoms with E-state index < -0.39 is 11.9 Å². The number of hydrogen-bond acceptors (Lipinski definition) is 2. The number of nitrogens with one attached hydrogen (secondary N) is 1. The summed E-state index contributed by atoms with van der Waals surface area (Å²) in [7, 11) is 1.47. The summed E-state index contributed by atoms with van der Waals surface area (Å²) in [5.74, 6) is -1.14. The van der Waals surface area contributed by atoms with E-state index in [0.717, 1.165) is 21.4 Å². The molecule has 0 aliphatic heterocycles. The number of rotatable bonds is 3. The minimum atomic E-state index is -0.640. The molecule has 3 aromatic rings. The van der Waals surface area contributed by atoms with Crippen LogP contribution in [0.2, 0.25) is 0 Å². The molecule has 3 rings (SSSR count). The highest BCUT2D eigenvalue weighted by Gasteiger charge is 2.21. The normalized spacial score (nSPS) is 10.7. The van der Waals surface area contributed by atoms with Crippen molar-refractivity contribution in [3.8, 4) is 11.1 Å².